The molecule has 0 N–H and O–H groups in total. The minimum Gasteiger partial charge on any atom is -0.493 e. The Morgan fingerprint density at radius 2 is 2.00 bits per heavy atom. The molecule has 0 amide bonds. The van der Waals surface area contributed by atoms with Gasteiger partial charge in [0, 0.05) is 29.2 Å². The maximum atomic E-state index is 11.9. The molecule has 0 atom stereocenters. The fourth-order valence-corrected chi connectivity index (χ4v) is 4.56. The summed E-state index contributed by atoms with van der Waals surface area (Å²) in [5.74, 6) is 1.12. The fourth-order valence-electron chi connectivity index (χ4n) is 3.07. The third kappa shape index (κ3) is 3.28. The number of carbonyl (C=O) groups excluding carboxylic acids is 1. The van der Waals surface area contributed by atoms with Gasteiger partial charge >= 0.3 is 0 Å². The van der Waals surface area contributed by atoms with Gasteiger partial charge in [-0.15, -0.1) is 0 Å². The molecule has 0 bridgehead atoms. The van der Waals surface area contributed by atoms with E-state index in [9.17, 15) is 13.2 Å². The van der Waals surface area contributed by atoms with Gasteiger partial charge in [-0.05, 0) is 31.7 Å². The zero-order valence-electron chi connectivity index (χ0n) is 12.2. The number of rotatable bonds is 5. The lowest BCUT2D eigenvalue weighted by molar-refractivity contribution is 0.0971. The highest BCUT2D eigenvalue weighted by molar-refractivity contribution is 7.90. The number of fused-ring (bicyclic) bond motifs is 1. The smallest absolute Gasteiger partial charge is 0.163 e. The standard InChI is InChI=1S/C16H20O4S/c1-21(18,19)11-16(8-9-16)10-20-15-7-3-4-12-13(15)5-2-6-14(12)17/h3-4,7H,2,5-6,8-11H2,1H3. The molecular formula is C16H20O4S. The van der Waals surface area contributed by atoms with Crippen LogP contribution in [0.2, 0.25) is 0 Å². The van der Waals surface area contributed by atoms with Crippen molar-refractivity contribution in [2.45, 2.75) is 32.1 Å². The van der Waals surface area contributed by atoms with Gasteiger partial charge in [0.05, 0.1) is 12.4 Å². The first-order chi connectivity index (χ1) is 9.89. The van der Waals surface area contributed by atoms with Crippen LogP contribution in [0.3, 0.4) is 0 Å². The number of hydrogen-bond donors (Lipinski definition) is 0. The van der Waals surface area contributed by atoms with Crippen molar-refractivity contribution in [3.63, 3.8) is 0 Å². The lowest BCUT2D eigenvalue weighted by Gasteiger charge is -2.21. The summed E-state index contributed by atoms with van der Waals surface area (Å²) in [4.78, 5) is 11.9. The summed E-state index contributed by atoms with van der Waals surface area (Å²) >= 11 is 0. The average molecular weight is 308 g/mol. The third-order valence-corrected chi connectivity index (χ3v) is 5.46. The highest BCUT2D eigenvalue weighted by Gasteiger charge is 2.46. The van der Waals surface area contributed by atoms with E-state index in [4.69, 9.17) is 4.74 Å². The predicted octanol–water partition coefficient (Wildman–Crippen LogP) is 2.41. The highest BCUT2D eigenvalue weighted by Crippen LogP contribution is 2.47. The molecule has 4 nitrogen and oxygen atoms in total. The topological polar surface area (TPSA) is 60.4 Å². The van der Waals surface area contributed by atoms with Gasteiger partial charge in [0.15, 0.2) is 5.78 Å². The van der Waals surface area contributed by atoms with E-state index in [0.717, 1.165) is 42.6 Å². The van der Waals surface area contributed by atoms with Crippen molar-refractivity contribution < 1.29 is 17.9 Å². The Hall–Kier alpha value is -1.36. The normalized spacial score (nSPS) is 20.0. The van der Waals surface area contributed by atoms with Gasteiger partial charge in [-0.3, -0.25) is 4.79 Å². The largest absolute Gasteiger partial charge is 0.493 e. The Morgan fingerprint density at radius 3 is 2.67 bits per heavy atom. The molecule has 1 saturated carbocycles. The van der Waals surface area contributed by atoms with Gasteiger partial charge in [-0.2, -0.15) is 0 Å². The summed E-state index contributed by atoms with van der Waals surface area (Å²) < 4.78 is 28.9. The maximum absolute atomic E-state index is 11.9. The maximum Gasteiger partial charge on any atom is 0.163 e. The molecule has 1 aromatic carbocycles. The summed E-state index contributed by atoms with van der Waals surface area (Å²) in [7, 11) is -2.98. The molecule has 0 heterocycles. The molecular weight excluding hydrogens is 288 g/mol. The first-order valence-electron chi connectivity index (χ1n) is 7.34. The van der Waals surface area contributed by atoms with Crippen LogP contribution in [0, 0.1) is 5.41 Å². The molecule has 0 radical (unpaired) electrons. The number of sulfone groups is 1. The monoisotopic (exact) mass is 308 g/mol. The number of ether oxygens (including phenoxy) is 1. The molecule has 21 heavy (non-hydrogen) atoms. The Kier molecular flexibility index (Phi) is 3.56. The van der Waals surface area contributed by atoms with Crippen LogP contribution < -0.4 is 4.74 Å². The van der Waals surface area contributed by atoms with E-state index < -0.39 is 9.84 Å². The van der Waals surface area contributed by atoms with E-state index in [1.165, 1.54) is 6.26 Å². The van der Waals surface area contributed by atoms with Crippen LogP contribution in [0.5, 0.6) is 5.75 Å². The molecule has 0 aliphatic heterocycles. The van der Waals surface area contributed by atoms with Gasteiger partial charge in [-0.25, -0.2) is 8.42 Å². The Labute approximate surface area is 125 Å². The quantitative estimate of drug-likeness (QED) is 0.838. The van der Waals surface area contributed by atoms with E-state index in [2.05, 4.69) is 0 Å². The molecule has 5 heteroatoms. The summed E-state index contributed by atoms with van der Waals surface area (Å²) in [5, 5.41) is 0. The van der Waals surface area contributed by atoms with Crippen LogP contribution >= 0.6 is 0 Å². The van der Waals surface area contributed by atoms with E-state index in [-0.39, 0.29) is 17.0 Å². The molecule has 0 aromatic heterocycles. The first kappa shape index (κ1) is 14.6. The van der Waals surface area contributed by atoms with Crippen LogP contribution in [0.15, 0.2) is 18.2 Å². The number of carbonyl (C=O) groups is 1. The van der Waals surface area contributed by atoms with Crippen LogP contribution in [0.25, 0.3) is 0 Å². The predicted molar refractivity (Wildman–Crippen MR) is 80.6 cm³/mol. The van der Waals surface area contributed by atoms with Gasteiger partial charge in [-0.1, -0.05) is 12.1 Å². The van der Waals surface area contributed by atoms with Crippen LogP contribution in [-0.2, 0) is 16.3 Å². The SMILES string of the molecule is CS(=O)(=O)CC1(COc2cccc3c2CCCC3=O)CC1. The summed E-state index contributed by atoms with van der Waals surface area (Å²) in [6.45, 7) is 0.421. The molecule has 2 aliphatic carbocycles. The molecule has 0 spiro atoms. The van der Waals surface area contributed by atoms with Crippen molar-refractivity contribution >= 4 is 15.6 Å². The summed E-state index contributed by atoms with van der Waals surface area (Å²) in [6.07, 6.45) is 5.39. The molecule has 0 unspecified atom stereocenters. The van der Waals surface area contributed by atoms with Crippen LogP contribution in [0.4, 0.5) is 0 Å². The van der Waals surface area contributed by atoms with Crippen molar-refractivity contribution in [2.24, 2.45) is 5.41 Å². The summed E-state index contributed by atoms with van der Waals surface area (Å²) in [6, 6.07) is 5.58. The molecule has 1 fully saturated rings. The molecule has 2 aliphatic rings. The minimum atomic E-state index is -2.98. The van der Waals surface area contributed by atoms with E-state index in [0.29, 0.717) is 13.0 Å². The van der Waals surface area contributed by atoms with Crippen molar-refractivity contribution in [3.8, 4) is 5.75 Å². The zero-order valence-corrected chi connectivity index (χ0v) is 13.0. The highest BCUT2D eigenvalue weighted by atomic mass is 32.2. The van der Waals surface area contributed by atoms with Crippen molar-refractivity contribution in [1.29, 1.82) is 0 Å². The zero-order chi connectivity index (χ0) is 15.1. The third-order valence-electron chi connectivity index (χ3n) is 4.32. The average Bonchev–Trinajstić information content (AvgIpc) is 3.15. The molecule has 3 rings (SSSR count). The van der Waals surface area contributed by atoms with Crippen molar-refractivity contribution in [1.82, 2.24) is 0 Å². The second kappa shape index (κ2) is 5.13. The van der Waals surface area contributed by atoms with Crippen LogP contribution in [-0.4, -0.2) is 32.8 Å². The second-order valence-electron chi connectivity index (χ2n) is 6.42. The van der Waals surface area contributed by atoms with Gasteiger partial charge in [0.2, 0.25) is 0 Å². The lowest BCUT2D eigenvalue weighted by Crippen LogP contribution is -2.23. The van der Waals surface area contributed by atoms with E-state index in [1.807, 2.05) is 18.2 Å². The Morgan fingerprint density at radius 1 is 1.24 bits per heavy atom. The lowest BCUT2D eigenvalue weighted by atomic mass is 9.90. The first-order valence-corrected chi connectivity index (χ1v) is 9.40. The van der Waals surface area contributed by atoms with Crippen molar-refractivity contribution in [2.75, 3.05) is 18.6 Å². The van der Waals surface area contributed by atoms with Crippen LogP contribution in [0.1, 0.15) is 41.6 Å². The summed E-state index contributed by atoms with van der Waals surface area (Å²) in [5.41, 5.74) is 1.55. The minimum absolute atomic E-state index is 0.180. The Balaban J connectivity index is 1.75. The fraction of sp³-hybridized carbons (Fsp3) is 0.562. The second-order valence-corrected chi connectivity index (χ2v) is 8.56. The number of Topliss-reactive ketones (excluding diaryl/α,β-unsaturated/α-hetero) is 1. The molecule has 1 aromatic rings. The number of ketones is 1. The van der Waals surface area contributed by atoms with Crippen molar-refractivity contribution in [3.05, 3.63) is 29.3 Å². The van der Waals surface area contributed by atoms with Gasteiger partial charge < -0.3 is 4.74 Å². The molecule has 114 valence electrons. The van der Waals surface area contributed by atoms with Gasteiger partial charge in [0.1, 0.15) is 15.6 Å². The van der Waals surface area contributed by atoms with E-state index in [1.54, 1.807) is 0 Å². The number of hydrogen-bond acceptors (Lipinski definition) is 4. The van der Waals surface area contributed by atoms with Gasteiger partial charge in [0.25, 0.3) is 0 Å². The Bertz CT molecular complexity index is 672. The van der Waals surface area contributed by atoms with E-state index >= 15 is 0 Å². The molecule has 0 saturated heterocycles. The number of benzene rings is 1.